The maximum absolute atomic E-state index is 13.7. The van der Waals surface area contributed by atoms with Gasteiger partial charge >= 0.3 is 18.0 Å². The highest BCUT2D eigenvalue weighted by Gasteiger charge is 2.25. The molecule has 2 aromatic carbocycles. The van der Waals surface area contributed by atoms with Crippen molar-refractivity contribution in [3.05, 3.63) is 65.5 Å². The van der Waals surface area contributed by atoms with Crippen LogP contribution < -0.4 is 10.6 Å². The molecule has 0 saturated carbocycles. The molecule has 0 bridgehead atoms. The second-order valence-electron chi connectivity index (χ2n) is 8.07. The topological polar surface area (TPSA) is 115 Å². The maximum atomic E-state index is 13.7. The van der Waals surface area contributed by atoms with Gasteiger partial charge in [0, 0.05) is 31.9 Å². The van der Waals surface area contributed by atoms with Crippen molar-refractivity contribution in [3.63, 3.8) is 0 Å². The summed E-state index contributed by atoms with van der Waals surface area (Å²) in [4.78, 5) is 39.9. The number of esters is 1. The standard InChI is InChI=1S/C20H21FN2O4.C5H10N2O2/c1-26-19(24)16-7-5-15(6-8-16)14-23(18-4-2-3-17(21)13-18)20(25)22-9-11-27-12-10-22;6-5(8)7-1-3-9-4-2-7/h2-8,13H,9-12,14H2,1H3;1-4H2,(H2,6,8). The number of rotatable bonds is 4. The summed E-state index contributed by atoms with van der Waals surface area (Å²) >= 11 is 0. The van der Waals surface area contributed by atoms with Gasteiger partial charge in [-0.25, -0.2) is 18.8 Å². The molecule has 0 spiro atoms. The molecule has 2 fully saturated rings. The van der Waals surface area contributed by atoms with Crippen LogP contribution in [0.25, 0.3) is 0 Å². The van der Waals surface area contributed by atoms with E-state index in [0.717, 1.165) is 5.56 Å². The van der Waals surface area contributed by atoms with Gasteiger partial charge in [0.05, 0.1) is 45.6 Å². The van der Waals surface area contributed by atoms with E-state index in [4.69, 9.17) is 19.9 Å². The summed E-state index contributed by atoms with van der Waals surface area (Å²) in [6.45, 7) is 4.70. The average Bonchev–Trinajstić information content (AvgIpc) is 2.92. The van der Waals surface area contributed by atoms with Crippen LogP contribution in [0.15, 0.2) is 48.5 Å². The number of hydrogen-bond acceptors (Lipinski definition) is 6. The number of hydrogen-bond donors (Lipinski definition) is 1. The molecule has 0 radical (unpaired) electrons. The number of nitrogens with two attached hydrogens (primary N) is 1. The zero-order valence-electron chi connectivity index (χ0n) is 20.2. The first-order valence-electron chi connectivity index (χ1n) is 11.6. The number of carbonyl (C=O) groups excluding carboxylic acids is 3. The molecule has 0 aliphatic carbocycles. The molecule has 11 heteroatoms. The summed E-state index contributed by atoms with van der Waals surface area (Å²) in [5.74, 6) is -0.832. The first kappa shape index (κ1) is 26.9. The first-order valence-corrected chi connectivity index (χ1v) is 11.6. The number of anilines is 1. The van der Waals surface area contributed by atoms with E-state index in [1.807, 2.05) is 0 Å². The molecular formula is C25H31FN4O6. The average molecular weight is 503 g/mol. The minimum Gasteiger partial charge on any atom is -0.465 e. The lowest BCUT2D eigenvalue weighted by Gasteiger charge is -2.33. The maximum Gasteiger partial charge on any atom is 0.337 e. The van der Waals surface area contributed by atoms with Crippen molar-refractivity contribution < 1.29 is 33.0 Å². The monoisotopic (exact) mass is 502 g/mol. The number of morpholine rings is 2. The van der Waals surface area contributed by atoms with Crippen molar-refractivity contribution in [1.29, 1.82) is 0 Å². The summed E-state index contributed by atoms with van der Waals surface area (Å²) in [5, 5.41) is 0. The summed E-state index contributed by atoms with van der Waals surface area (Å²) in [6.07, 6.45) is 0. The lowest BCUT2D eigenvalue weighted by atomic mass is 10.1. The van der Waals surface area contributed by atoms with Crippen molar-refractivity contribution in [3.8, 4) is 0 Å². The van der Waals surface area contributed by atoms with Gasteiger partial charge in [0.2, 0.25) is 0 Å². The third kappa shape index (κ3) is 7.65. The Morgan fingerprint density at radius 1 is 0.944 bits per heavy atom. The zero-order valence-corrected chi connectivity index (χ0v) is 20.2. The number of nitrogens with zero attached hydrogens (tertiary/aromatic N) is 3. The Labute approximate surface area is 209 Å². The summed E-state index contributed by atoms with van der Waals surface area (Å²) in [5.41, 5.74) is 6.72. The third-order valence-electron chi connectivity index (χ3n) is 5.67. The van der Waals surface area contributed by atoms with E-state index in [1.165, 1.54) is 24.1 Å². The highest BCUT2D eigenvalue weighted by Crippen LogP contribution is 2.21. The molecule has 0 unspecified atom stereocenters. The number of carbonyl (C=O) groups is 3. The van der Waals surface area contributed by atoms with Gasteiger partial charge in [-0.1, -0.05) is 18.2 Å². The molecule has 2 N–H and O–H groups in total. The summed E-state index contributed by atoms with van der Waals surface area (Å²) in [7, 11) is 1.32. The van der Waals surface area contributed by atoms with E-state index in [9.17, 15) is 18.8 Å². The molecule has 0 aromatic heterocycles. The van der Waals surface area contributed by atoms with Gasteiger partial charge in [0.25, 0.3) is 0 Å². The molecule has 36 heavy (non-hydrogen) atoms. The molecule has 2 saturated heterocycles. The van der Waals surface area contributed by atoms with Crippen LogP contribution >= 0.6 is 0 Å². The van der Waals surface area contributed by atoms with Crippen LogP contribution in [0.3, 0.4) is 0 Å². The highest BCUT2D eigenvalue weighted by molar-refractivity contribution is 5.92. The largest absolute Gasteiger partial charge is 0.465 e. The van der Waals surface area contributed by atoms with Crippen LogP contribution in [0.4, 0.5) is 19.7 Å². The molecule has 4 amide bonds. The van der Waals surface area contributed by atoms with Crippen molar-refractivity contribution in [1.82, 2.24) is 9.80 Å². The zero-order chi connectivity index (χ0) is 25.9. The van der Waals surface area contributed by atoms with Crippen molar-refractivity contribution in [2.75, 3.05) is 64.6 Å². The fraction of sp³-hybridized carbons (Fsp3) is 0.400. The lowest BCUT2D eigenvalue weighted by molar-refractivity contribution is 0.0548. The van der Waals surface area contributed by atoms with Crippen LogP contribution in [-0.2, 0) is 20.8 Å². The number of methoxy groups -OCH3 is 1. The summed E-state index contributed by atoms with van der Waals surface area (Å²) in [6, 6.07) is 12.2. The van der Waals surface area contributed by atoms with E-state index in [2.05, 4.69) is 0 Å². The van der Waals surface area contributed by atoms with Gasteiger partial charge in [-0.2, -0.15) is 0 Å². The number of amides is 4. The molecule has 0 atom stereocenters. The Morgan fingerprint density at radius 2 is 1.53 bits per heavy atom. The van der Waals surface area contributed by atoms with Crippen molar-refractivity contribution >= 4 is 23.7 Å². The van der Waals surface area contributed by atoms with Crippen molar-refractivity contribution in [2.24, 2.45) is 5.73 Å². The molecule has 2 aliphatic rings. The van der Waals surface area contributed by atoms with Gasteiger partial charge in [0.1, 0.15) is 5.82 Å². The Balaban J connectivity index is 0.000000338. The number of primary amides is 1. The van der Waals surface area contributed by atoms with E-state index in [1.54, 1.807) is 46.2 Å². The molecule has 194 valence electrons. The Morgan fingerprint density at radius 3 is 2.03 bits per heavy atom. The molecular weight excluding hydrogens is 471 g/mol. The second kappa shape index (κ2) is 13.4. The van der Waals surface area contributed by atoms with Crippen LogP contribution in [0, 0.1) is 5.82 Å². The minimum absolute atomic E-state index is 0.207. The molecule has 2 aromatic rings. The molecule has 2 aliphatic heterocycles. The number of halogens is 1. The minimum atomic E-state index is -0.423. The quantitative estimate of drug-likeness (QED) is 0.643. The van der Waals surface area contributed by atoms with Crippen LogP contribution in [0.2, 0.25) is 0 Å². The molecule has 2 heterocycles. The predicted octanol–water partition coefficient (Wildman–Crippen LogP) is 2.47. The predicted molar refractivity (Wildman–Crippen MR) is 130 cm³/mol. The fourth-order valence-corrected chi connectivity index (χ4v) is 3.67. The smallest absolute Gasteiger partial charge is 0.337 e. The van der Waals surface area contributed by atoms with Crippen molar-refractivity contribution in [2.45, 2.75) is 6.54 Å². The number of urea groups is 2. The molecule has 4 rings (SSSR count). The first-order chi connectivity index (χ1) is 17.4. The Kier molecular flexibility index (Phi) is 10.0. The van der Waals surface area contributed by atoms with Crippen LogP contribution in [0.1, 0.15) is 15.9 Å². The lowest BCUT2D eigenvalue weighted by Crippen LogP contribution is -2.48. The van der Waals surface area contributed by atoms with E-state index in [-0.39, 0.29) is 18.6 Å². The molecule has 10 nitrogen and oxygen atoms in total. The van der Waals surface area contributed by atoms with Gasteiger partial charge in [-0.05, 0) is 35.9 Å². The van der Waals surface area contributed by atoms with E-state index in [0.29, 0.717) is 63.9 Å². The van der Waals surface area contributed by atoms with E-state index >= 15 is 0 Å². The van der Waals surface area contributed by atoms with Gasteiger partial charge < -0.3 is 29.7 Å². The Hall–Kier alpha value is -3.70. The van der Waals surface area contributed by atoms with E-state index < -0.39 is 11.8 Å². The fourth-order valence-electron chi connectivity index (χ4n) is 3.67. The SMILES string of the molecule is COC(=O)c1ccc(CN(C(=O)N2CCOCC2)c2cccc(F)c2)cc1.NC(=O)N1CCOCC1. The number of ether oxygens (including phenoxy) is 3. The van der Waals surface area contributed by atoms with Crippen LogP contribution in [0.5, 0.6) is 0 Å². The summed E-state index contributed by atoms with van der Waals surface area (Å²) < 4.78 is 28.7. The number of benzene rings is 2. The second-order valence-corrected chi connectivity index (χ2v) is 8.07. The van der Waals surface area contributed by atoms with Gasteiger partial charge in [0.15, 0.2) is 0 Å². The normalized spacial score (nSPS) is 15.4. The van der Waals surface area contributed by atoms with Crippen LogP contribution in [-0.4, -0.2) is 87.5 Å². The third-order valence-corrected chi connectivity index (χ3v) is 5.67. The Bertz CT molecular complexity index is 1020. The van der Waals surface area contributed by atoms with Gasteiger partial charge in [-0.3, -0.25) is 4.90 Å². The highest BCUT2D eigenvalue weighted by atomic mass is 19.1. The van der Waals surface area contributed by atoms with Gasteiger partial charge in [-0.15, -0.1) is 0 Å².